The molecule has 1 N–H and O–H groups in total. The standard InChI is InChI=1S/C14H18N4O4/c1-10(19)16-5-7-17(8-6-16)12-4-3-11(14(20)15-2)9-13(12)18(21)22/h3-4,9H,5-8H2,1-2H3,(H,15,20). The third-order valence-corrected chi connectivity index (χ3v) is 3.73. The number of hydrogen-bond donors (Lipinski definition) is 1. The Bertz CT molecular complexity index is 609. The summed E-state index contributed by atoms with van der Waals surface area (Å²) >= 11 is 0. The predicted octanol–water partition coefficient (Wildman–Crippen LogP) is 0.623. The highest BCUT2D eigenvalue weighted by Gasteiger charge is 2.25. The molecule has 0 unspecified atom stereocenters. The van der Waals surface area contributed by atoms with E-state index in [1.165, 1.54) is 20.0 Å². The average Bonchev–Trinajstić information content (AvgIpc) is 2.53. The van der Waals surface area contributed by atoms with Gasteiger partial charge in [-0.05, 0) is 12.1 Å². The molecule has 0 saturated carbocycles. The quantitative estimate of drug-likeness (QED) is 0.652. The molecule has 1 aliphatic heterocycles. The second-order valence-corrected chi connectivity index (χ2v) is 5.03. The Morgan fingerprint density at radius 3 is 2.36 bits per heavy atom. The Morgan fingerprint density at radius 2 is 1.86 bits per heavy atom. The fourth-order valence-electron chi connectivity index (χ4n) is 2.48. The van der Waals surface area contributed by atoms with Gasteiger partial charge in [-0.3, -0.25) is 19.7 Å². The molecule has 2 rings (SSSR count). The molecule has 0 aromatic heterocycles. The van der Waals surface area contributed by atoms with Gasteiger partial charge in [-0.25, -0.2) is 0 Å². The summed E-state index contributed by atoms with van der Waals surface area (Å²) in [5.41, 5.74) is 0.624. The van der Waals surface area contributed by atoms with Gasteiger partial charge in [-0.1, -0.05) is 0 Å². The van der Waals surface area contributed by atoms with Crippen molar-refractivity contribution in [3.8, 4) is 0 Å². The van der Waals surface area contributed by atoms with Gasteiger partial charge >= 0.3 is 0 Å². The van der Waals surface area contributed by atoms with Crippen molar-refractivity contribution in [1.82, 2.24) is 10.2 Å². The molecule has 1 aliphatic rings. The maximum atomic E-state index is 11.6. The van der Waals surface area contributed by atoms with Crippen LogP contribution >= 0.6 is 0 Å². The third kappa shape index (κ3) is 3.16. The number of nitro benzene ring substituents is 1. The summed E-state index contributed by atoms with van der Waals surface area (Å²) < 4.78 is 0. The first kappa shape index (κ1) is 15.7. The Balaban J connectivity index is 2.26. The summed E-state index contributed by atoms with van der Waals surface area (Å²) in [6.07, 6.45) is 0. The van der Waals surface area contributed by atoms with Crippen molar-refractivity contribution in [2.45, 2.75) is 6.92 Å². The average molecular weight is 306 g/mol. The van der Waals surface area contributed by atoms with Crippen molar-refractivity contribution in [1.29, 1.82) is 0 Å². The first-order chi connectivity index (χ1) is 10.4. The number of piperazine rings is 1. The van der Waals surface area contributed by atoms with Gasteiger partial charge in [0.1, 0.15) is 5.69 Å². The van der Waals surface area contributed by atoms with E-state index in [9.17, 15) is 19.7 Å². The lowest BCUT2D eigenvalue weighted by molar-refractivity contribution is -0.384. The lowest BCUT2D eigenvalue weighted by Crippen LogP contribution is -2.48. The molecule has 22 heavy (non-hydrogen) atoms. The van der Waals surface area contributed by atoms with Crippen LogP contribution < -0.4 is 10.2 Å². The normalized spacial score (nSPS) is 14.6. The van der Waals surface area contributed by atoms with Gasteiger partial charge in [0.05, 0.1) is 4.92 Å². The minimum Gasteiger partial charge on any atom is -0.362 e. The lowest BCUT2D eigenvalue weighted by atomic mass is 10.1. The van der Waals surface area contributed by atoms with E-state index in [-0.39, 0.29) is 23.1 Å². The lowest BCUT2D eigenvalue weighted by Gasteiger charge is -2.35. The van der Waals surface area contributed by atoms with Crippen LogP contribution in [0.2, 0.25) is 0 Å². The van der Waals surface area contributed by atoms with Crippen LogP contribution in [0.1, 0.15) is 17.3 Å². The molecule has 1 aromatic carbocycles. The van der Waals surface area contributed by atoms with Crippen molar-refractivity contribution in [2.24, 2.45) is 0 Å². The molecule has 1 heterocycles. The maximum absolute atomic E-state index is 11.6. The van der Waals surface area contributed by atoms with E-state index in [0.717, 1.165) is 0 Å². The van der Waals surface area contributed by atoms with E-state index < -0.39 is 4.92 Å². The van der Waals surface area contributed by atoms with Gasteiger partial charge in [0.2, 0.25) is 5.91 Å². The highest BCUT2D eigenvalue weighted by molar-refractivity contribution is 5.95. The van der Waals surface area contributed by atoms with Crippen LogP contribution in [0.3, 0.4) is 0 Å². The number of rotatable bonds is 3. The number of anilines is 1. The molecule has 0 aliphatic carbocycles. The van der Waals surface area contributed by atoms with Crippen LogP contribution in [0, 0.1) is 10.1 Å². The zero-order valence-electron chi connectivity index (χ0n) is 12.5. The summed E-state index contributed by atoms with van der Waals surface area (Å²) in [5, 5.41) is 13.7. The molecule has 1 fully saturated rings. The number of benzene rings is 1. The fourth-order valence-corrected chi connectivity index (χ4v) is 2.48. The van der Waals surface area contributed by atoms with Crippen LogP contribution in [0.25, 0.3) is 0 Å². The zero-order valence-corrected chi connectivity index (χ0v) is 12.5. The van der Waals surface area contributed by atoms with Crippen LogP contribution in [0.4, 0.5) is 11.4 Å². The number of hydrogen-bond acceptors (Lipinski definition) is 5. The molecule has 0 radical (unpaired) electrons. The number of nitrogens with one attached hydrogen (secondary N) is 1. The van der Waals surface area contributed by atoms with Crippen LogP contribution in [0.5, 0.6) is 0 Å². The zero-order chi connectivity index (χ0) is 16.3. The summed E-state index contributed by atoms with van der Waals surface area (Å²) in [4.78, 5) is 37.3. The van der Waals surface area contributed by atoms with Gasteiger partial charge < -0.3 is 15.1 Å². The fraction of sp³-hybridized carbons (Fsp3) is 0.429. The highest BCUT2D eigenvalue weighted by atomic mass is 16.6. The van der Waals surface area contributed by atoms with Gasteiger partial charge in [-0.15, -0.1) is 0 Å². The molecule has 8 nitrogen and oxygen atoms in total. The molecule has 8 heteroatoms. The number of carbonyl (C=O) groups is 2. The summed E-state index contributed by atoms with van der Waals surface area (Å²) in [6.45, 7) is 3.63. The first-order valence-electron chi connectivity index (χ1n) is 6.95. The predicted molar refractivity (Wildman–Crippen MR) is 81.0 cm³/mol. The monoisotopic (exact) mass is 306 g/mol. The third-order valence-electron chi connectivity index (χ3n) is 3.73. The number of nitro groups is 1. The Morgan fingerprint density at radius 1 is 1.23 bits per heavy atom. The summed E-state index contributed by atoms with van der Waals surface area (Å²) in [5.74, 6) is -0.361. The van der Waals surface area contributed by atoms with Crippen molar-refractivity contribution >= 4 is 23.2 Å². The van der Waals surface area contributed by atoms with Gasteiger partial charge in [-0.2, -0.15) is 0 Å². The van der Waals surface area contributed by atoms with Crippen LogP contribution in [0.15, 0.2) is 18.2 Å². The molecule has 1 saturated heterocycles. The molecule has 0 atom stereocenters. The van der Waals surface area contributed by atoms with Crippen molar-refractivity contribution in [2.75, 3.05) is 38.1 Å². The smallest absolute Gasteiger partial charge is 0.293 e. The number of nitrogens with zero attached hydrogens (tertiary/aromatic N) is 3. The second-order valence-electron chi connectivity index (χ2n) is 5.03. The molecule has 118 valence electrons. The van der Waals surface area contributed by atoms with Crippen LogP contribution in [-0.4, -0.2) is 54.9 Å². The van der Waals surface area contributed by atoms with E-state index in [2.05, 4.69) is 5.32 Å². The largest absolute Gasteiger partial charge is 0.362 e. The molecule has 0 spiro atoms. The molecular formula is C14H18N4O4. The van der Waals surface area contributed by atoms with E-state index in [0.29, 0.717) is 31.9 Å². The van der Waals surface area contributed by atoms with E-state index in [1.54, 1.807) is 17.0 Å². The van der Waals surface area contributed by atoms with Gasteiger partial charge in [0.25, 0.3) is 11.6 Å². The van der Waals surface area contributed by atoms with Gasteiger partial charge in [0.15, 0.2) is 0 Å². The minimum absolute atomic E-state index is 0.00381. The molecule has 0 bridgehead atoms. The highest BCUT2D eigenvalue weighted by Crippen LogP contribution is 2.30. The van der Waals surface area contributed by atoms with Gasteiger partial charge in [0, 0.05) is 51.8 Å². The van der Waals surface area contributed by atoms with E-state index in [4.69, 9.17) is 0 Å². The Hall–Kier alpha value is -2.64. The summed E-state index contributed by atoms with van der Waals surface area (Å²) in [7, 11) is 1.48. The van der Waals surface area contributed by atoms with E-state index >= 15 is 0 Å². The van der Waals surface area contributed by atoms with E-state index in [1.807, 2.05) is 4.90 Å². The minimum atomic E-state index is -0.487. The second kappa shape index (κ2) is 6.42. The van der Waals surface area contributed by atoms with Crippen molar-refractivity contribution < 1.29 is 14.5 Å². The Labute approximate surface area is 127 Å². The van der Waals surface area contributed by atoms with Crippen molar-refractivity contribution in [3.63, 3.8) is 0 Å². The first-order valence-corrected chi connectivity index (χ1v) is 6.95. The maximum Gasteiger partial charge on any atom is 0.293 e. The molecule has 1 aromatic rings. The SMILES string of the molecule is CNC(=O)c1ccc(N2CCN(C(C)=O)CC2)c([N+](=O)[O-])c1. The summed E-state index contributed by atoms with van der Waals surface area (Å²) in [6, 6.07) is 4.44. The molecule has 2 amide bonds. The van der Waals surface area contributed by atoms with Crippen molar-refractivity contribution in [3.05, 3.63) is 33.9 Å². The topological polar surface area (TPSA) is 95.8 Å². The Kier molecular flexibility index (Phi) is 4.59. The number of carbonyl (C=O) groups excluding carboxylic acids is 2. The number of amides is 2. The van der Waals surface area contributed by atoms with Crippen LogP contribution in [-0.2, 0) is 4.79 Å². The molecular weight excluding hydrogens is 288 g/mol.